The van der Waals surface area contributed by atoms with Crippen LogP contribution in [0.3, 0.4) is 0 Å². The maximum absolute atomic E-state index is 6.28. The van der Waals surface area contributed by atoms with E-state index in [-0.39, 0.29) is 6.04 Å². The Morgan fingerprint density at radius 1 is 1.06 bits per heavy atom. The third-order valence-corrected chi connectivity index (χ3v) is 3.69. The van der Waals surface area contributed by atoms with Gasteiger partial charge >= 0.3 is 0 Å². The zero-order valence-corrected chi connectivity index (χ0v) is 11.5. The molecule has 0 radical (unpaired) electrons. The minimum absolute atomic E-state index is 0.00796. The molecule has 0 aromatic heterocycles. The summed E-state index contributed by atoms with van der Waals surface area (Å²) >= 11 is 6.13. The minimum atomic E-state index is -0.00796. The van der Waals surface area contributed by atoms with Gasteiger partial charge in [-0.3, -0.25) is 0 Å². The summed E-state index contributed by atoms with van der Waals surface area (Å²) in [5, 5.41) is 0.784. The van der Waals surface area contributed by atoms with Crippen molar-refractivity contribution in [1.82, 2.24) is 0 Å². The number of rotatable bonds is 3. The van der Waals surface area contributed by atoms with Gasteiger partial charge in [0.25, 0.3) is 0 Å². The fourth-order valence-electron chi connectivity index (χ4n) is 2.11. The summed E-state index contributed by atoms with van der Waals surface area (Å²) in [5.41, 5.74) is 11.0. The maximum Gasteiger partial charge on any atom is 0.0438 e. The van der Waals surface area contributed by atoms with Gasteiger partial charge in [-0.1, -0.05) is 53.6 Å². The molecule has 0 aliphatic rings. The van der Waals surface area contributed by atoms with Crippen molar-refractivity contribution >= 4 is 11.6 Å². The van der Waals surface area contributed by atoms with Crippen LogP contribution >= 0.6 is 11.6 Å². The van der Waals surface area contributed by atoms with Crippen molar-refractivity contribution in [2.75, 3.05) is 0 Å². The molecule has 1 atom stereocenters. The Morgan fingerprint density at radius 2 is 1.72 bits per heavy atom. The average Bonchev–Trinajstić information content (AvgIpc) is 2.35. The second kappa shape index (κ2) is 5.55. The Morgan fingerprint density at radius 3 is 2.39 bits per heavy atom. The molecular weight excluding hydrogens is 242 g/mol. The summed E-state index contributed by atoms with van der Waals surface area (Å²) in [6.45, 7) is 4.11. The van der Waals surface area contributed by atoms with Crippen LogP contribution < -0.4 is 5.73 Å². The van der Waals surface area contributed by atoms with Crippen LogP contribution in [0.5, 0.6) is 0 Å². The van der Waals surface area contributed by atoms with Gasteiger partial charge < -0.3 is 5.73 Å². The van der Waals surface area contributed by atoms with Gasteiger partial charge in [0.2, 0.25) is 0 Å². The average molecular weight is 260 g/mol. The topological polar surface area (TPSA) is 26.0 Å². The number of halogens is 1. The van der Waals surface area contributed by atoms with Crippen molar-refractivity contribution in [3.63, 3.8) is 0 Å². The molecule has 2 rings (SSSR count). The highest BCUT2D eigenvalue weighted by atomic mass is 35.5. The number of hydrogen-bond acceptors (Lipinski definition) is 1. The van der Waals surface area contributed by atoms with E-state index in [1.54, 1.807) is 0 Å². The van der Waals surface area contributed by atoms with E-state index >= 15 is 0 Å². The highest BCUT2D eigenvalue weighted by Crippen LogP contribution is 2.25. The van der Waals surface area contributed by atoms with Crippen LogP contribution in [0.1, 0.15) is 28.3 Å². The van der Waals surface area contributed by atoms with E-state index in [0.717, 1.165) is 22.6 Å². The molecule has 2 heteroatoms. The number of benzene rings is 2. The van der Waals surface area contributed by atoms with Gasteiger partial charge in [0, 0.05) is 11.1 Å². The lowest BCUT2D eigenvalue weighted by atomic mass is 9.96. The molecule has 0 fully saturated rings. The van der Waals surface area contributed by atoms with Crippen molar-refractivity contribution in [1.29, 1.82) is 0 Å². The van der Waals surface area contributed by atoms with Crippen LogP contribution in [0.15, 0.2) is 42.5 Å². The Balaban J connectivity index is 2.19. The Bertz CT molecular complexity index is 531. The predicted octanol–water partition coefficient (Wildman–Crippen LogP) is 4.20. The maximum atomic E-state index is 6.28. The molecule has 2 N–H and O–H groups in total. The van der Waals surface area contributed by atoms with E-state index in [1.165, 1.54) is 11.1 Å². The first-order valence-electron chi connectivity index (χ1n) is 6.14. The zero-order valence-electron chi connectivity index (χ0n) is 10.8. The number of hydrogen-bond donors (Lipinski definition) is 1. The van der Waals surface area contributed by atoms with Gasteiger partial charge in [-0.05, 0) is 43.0 Å². The lowest BCUT2D eigenvalue weighted by Gasteiger charge is -2.15. The van der Waals surface area contributed by atoms with Crippen LogP contribution in [0, 0.1) is 13.8 Å². The van der Waals surface area contributed by atoms with E-state index in [1.807, 2.05) is 19.1 Å². The van der Waals surface area contributed by atoms with Crippen LogP contribution in [-0.2, 0) is 6.42 Å². The van der Waals surface area contributed by atoms with Crippen molar-refractivity contribution in [2.24, 2.45) is 5.73 Å². The first-order valence-corrected chi connectivity index (χ1v) is 6.52. The molecular formula is C16H18ClN. The summed E-state index contributed by atoms with van der Waals surface area (Å²) in [6, 6.07) is 14.4. The van der Waals surface area contributed by atoms with Crippen molar-refractivity contribution in [3.8, 4) is 0 Å². The first kappa shape index (κ1) is 13.1. The smallest absolute Gasteiger partial charge is 0.0438 e. The minimum Gasteiger partial charge on any atom is -0.324 e. The summed E-state index contributed by atoms with van der Waals surface area (Å²) in [6.07, 6.45) is 0.835. The van der Waals surface area contributed by atoms with Gasteiger partial charge in [-0.15, -0.1) is 0 Å². The fraction of sp³-hybridized carbons (Fsp3) is 0.250. The third-order valence-electron chi connectivity index (χ3n) is 3.29. The molecule has 0 bridgehead atoms. The molecule has 2 aromatic rings. The molecule has 0 amide bonds. The Hall–Kier alpha value is -1.31. The molecule has 0 aliphatic carbocycles. The van der Waals surface area contributed by atoms with E-state index < -0.39 is 0 Å². The molecule has 0 heterocycles. The number of nitrogens with two attached hydrogens (primary N) is 1. The summed E-state index contributed by atoms with van der Waals surface area (Å²) < 4.78 is 0. The summed E-state index contributed by atoms with van der Waals surface area (Å²) in [7, 11) is 0. The normalized spacial score (nSPS) is 12.4. The highest BCUT2D eigenvalue weighted by molar-refractivity contribution is 6.31. The van der Waals surface area contributed by atoms with Crippen LogP contribution in [0.4, 0.5) is 0 Å². The van der Waals surface area contributed by atoms with Crippen LogP contribution in [0.2, 0.25) is 5.02 Å². The summed E-state index contributed by atoms with van der Waals surface area (Å²) in [5.74, 6) is 0. The van der Waals surface area contributed by atoms with Crippen molar-refractivity contribution < 1.29 is 0 Å². The van der Waals surface area contributed by atoms with E-state index in [2.05, 4.69) is 37.3 Å². The molecule has 0 spiro atoms. The molecule has 1 nitrogen and oxygen atoms in total. The second-order valence-electron chi connectivity index (χ2n) is 4.75. The molecule has 94 valence electrons. The second-order valence-corrected chi connectivity index (χ2v) is 5.16. The van der Waals surface area contributed by atoms with E-state index in [9.17, 15) is 0 Å². The molecule has 18 heavy (non-hydrogen) atoms. The van der Waals surface area contributed by atoms with E-state index in [4.69, 9.17) is 17.3 Å². The van der Waals surface area contributed by atoms with Gasteiger partial charge in [0.05, 0.1) is 0 Å². The highest BCUT2D eigenvalue weighted by Gasteiger charge is 2.11. The Labute approximate surface area is 114 Å². The molecule has 2 aromatic carbocycles. The fourth-order valence-corrected chi connectivity index (χ4v) is 2.30. The van der Waals surface area contributed by atoms with Crippen molar-refractivity contribution in [3.05, 3.63) is 69.7 Å². The lowest BCUT2D eigenvalue weighted by molar-refractivity contribution is 0.716. The molecule has 0 aliphatic heterocycles. The lowest BCUT2D eigenvalue weighted by Crippen LogP contribution is -2.14. The molecule has 0 saturated carbocycles. The van der Waals surface area contributed by atoms with Crippen molar-refractivity contribution in [2.45, 2.75) is 26.3 Å². The molecule has 1 unspecified atom stereocenters. The van der Waals surface area contributed by atoms with Gasteiger partial charge in [0.1, 0.15) is 0 Å². The predicted molar refractivity (Wildman–Crippen MR) is 78.0 cm³/mol. The Kier molecular flexibility index (Phi) is 4.05. The van der Waals surface area contributed by atoms with Gasteiger partial charge in [-0.2, -0.15) is 0 Å². The quantitative estimate of drug-likeness (QED) is 0.878. The SMILES string of the molecule is Cc1ccc(CC(N)c2cccc(Cl)c2C)cc1. The van der Waals surface area contributed by atoms with E-state index in [0.29, 0.717) is 0 Å². The largest absolute Gasteiger partial charge is 0.324 e. The monoisotopic (exact) mass is 259 g/mol. The zero-order chi connectivity index (χ0) is 13.1. The standard InChI is InChI=1S/C16H18ClN/c1-11-6-8-13(9-7-11)10-16(18)14-4-3-5-15(17)12(14)2/h3-9,16H,10,18H2,1-2H3. The van der Waals surface area contributed by atoms with Crippen LogP contribution in [0.25, 0.3) is 0 Å². The molecule has 0 saturated heterocycles. The van der Waals surface area contributed by atoms with Gasteiger partial charge in [-0.25, -0.2) is 0 Å². The van der Waals surface area contributed by atoms with Crippen LogP contribution in [-0.4, -0.2) is 0 Å². The third kappa shape index (κ3) is 2.92. The number of aryl methyl sites for hydroxylation is 1. The summed E-state index contributed by atoms with van der Waals surface area (Å²) in [4.78, 5) is 0. The first-order chi connectivity index (χ1) is 8.58. The van der Waals surface area contributed by atoms with Gasteiger partial charge in [0.15, 0.2) is 0 Å².